The molecular weight excluding hydrogens is 540 g/mol. The van der Waals surface area contributed by atoms with E-state index in [0.29, 0.717) is 19.2 Å². The predicted molar refractivity (Wildman–Crippen MR) is 193 cm³/mol. The summed E-state index contributed by atoms with van der Waals surface area (Å²) in [4.78, 5) is 14.6. The second-order valence-corrected chi connectivity index (χ2v) is 13.4. The molecule has 1 fully saturated rings. The van der Waals surface area contributed by atoms with Crippen molar-refractivity contribution in [3.63, 3.8) is 0 Å². The number of unbranched alkanes of at least 4 members (excludes halogenated alkanes) is 24. The number of hydrogen-bond acceptors (Lipinski definition) is 4. The van der Waals surface area contributed by atoms with Crippen molar-refractivity contribution in [2.45, 2.75) is 200 Å². The van der Waals surface area contributed by atoms with E-state index in [-0.39, 0.29) is 5.97 Å². The van der Waals surface area contributed by atoms with Crippen LogP contribution < -0.4 is 5.32 Å². The molecule has 1 rings (SSSR count). The Kier molecular flexibility index (Phi) is 30.9. The molecule has 1 aliphatic heterocycles. The summed E-state index contributed by atoms with van der Waals surface area (Å²) in [6.07, 6.45) is 46.4. The second-order valence-electron chi connectivity index (χ2n) is 13.4. The Morgan fingerprint density at radius 3 is 1.55 bits per heavy atom. The van der Waals surface area contributed by atoms with Crippen molar-refractivity contribution in [1.82, 2.24) is 10.2 Å². The van der Waals surface area contributed by atoms with Gasteiger partial charge in [0.15, 0.2) is 0 Å². The first kappa shape index (κ1) is 40.9. The van der Waals surface area contributed by atoms with E-state index >= 15 is 0 Å². The first-order valence-electron chi connectivity index (χ1n) is 19.7. The zero-order valence-electron chi connectivity index (χ0n) is 29.8. The van der Waals surface area contributed by atoms with Crippen molar-refractivity contribution in [2.75, 3.05) is 26.2 Å². The van der Waals surface area contributed by atoms with Crippen LogP contribution in [0.4, 0.5) is 0 Å². The minimum atomic E-state index is -0.0238. The van der Waals surface area contributed by atoms with Gasteiger partial charge in [-0.15, -0.1) is 0 Å². The monoisotopic (exact) mass is 617 g/mol. The minimum absolute atomic E-state index is 0.0238. The summed E-state index contributed by atoms with van der Waals surface area (Å²) in [6.45, 7) is 7.93. The van der Waals surface area contributed by atoms with Crippen LogP contribution in [0, 0.1) is 0 Å². The highest BCUT2D eigenvalue weighted by Crippen LogP contribution is 2.14. The largest absolute Gasteiger partial charge is 0.464 e. The average molecular weight is 617 g/mol. The number of allylic oxidation sites excluding steroid dienone is 3. The smallest absolute Gasteiger partial charge is 0.305 e. The topological polar surface area (TPSA) is 41.6 Å². The molecule has 1 aliphatic rings. The molecule has 1 saturated heterocycles. The minimum Gasteiger partial charge on any atom is -0.464 e. The summed E-state index contributed by atoms with van der Waals surface area (Å²) in [5.41, 5.74) is 0. The van der Waals surface area contributed by atoms with Crippen LogP contribution in [0.3, 0.4) is 0 Å². The lowest BCUT2D eigenvalue weighted by Gasteiger charge is -2.21. The molecule has 4 nitrogen and oxygen atoms in total. The average Bonchev–Trinajstić information content (AvgIpc) is 3.48. The molecule has 44 heavy (non-hydrogen) atoms. The summed E-state index contributed by atoms with van der Waals surface area (Å²) >= 11 is 0. The summed E-state index contributed by atoms with van der Waals surface area (Å²) in [6, 6.07) is 0. The maximum Gasteiger partial charge on any atom is 0.305 e. The Bertz CT molecular complexity index is 662. The van der Waals surface area contributed by atoms with Crippen LogP contribution in [0.15, 0.2) is 24.3 Å². The number of rotatable bonds is 33. The quantitative estimate of drug-likeness (QED) is 0.0452. The van der Waals surface area contributed by atoms with Crippen LogP contribution in [0.5, 0.6) is 0 Å². The number of carbonyl (C=O) groups is 1. The zero-order valence-corrected chi connectivity index (χ0v) is 29.8. The van der Waals surface area contributed by atoms with Gasteiger partial charge in [-0.1, -0.05) is 167 Å². The molecule has 1 heterocycles. The number of hydrogen-bond donors (Lipinski definition) is 1. The van der Waals surface area contributed by atoms with Gasteiger partial charge in [-0.3, -0.25) is 15.0 Å². The molecule has 0 aromatic carbocycles. The standard InChI is InChI=1S/C40H76N2O2/c1-3-5-7-9-11-13-15-17-19-21-23-25-27-29-31-33-39-41-35-36-42(39)37-38-44-40(43)34-32-30-28-26-24-22-20-18-16-14-12-10-8-6-4-2/h18,20,31,33,39,41H,3-17,19,21-30,32,34-38H2,1-2H3/b20-18-,33-31+. The fourth-order valence-corrected chi connectivity index (χ4v) is 6.26. The van der Waals surface area contributed by atoms with Crippen molar-refractivity contribution in [1.29, 1.82) is 0 Å². The molecule has 0 spiro atoms. The van der Waals surface area contributed by atoms with Gasteiger partial charge in [-0.2, -0.15) is 0 Å². The molecule has 0 aromatic rings. The number of carbonyl (C=O) groups excluding carboxylic acids is 1. The molecule has 1 N–H and O–H groups in total. The molecule has 0 bridgehead atoms. The van der Waals surface area contributed by atoms with Gasteiger partial charge in [-0.05, 0) is 44.9 Å². The van der Waals surface area contributed by atoms with E-state index in [2.05, 4.69) is 48.4 Å². The van der Waals surface area contributed by atoms with E-state index in [4.69, 9.17) is 4.74 Å². The lowest BCUT2D eigenvalue weighted by atomic mass is 10.0. The lowest BCUT2D eigenvalue weighted by Crippen LogP contribution is -2.36. The highest BCUT2D eigenvalue weighted by molar-refractivity contribution is 5.69. The van der Waals surface area contributed by atoms with Crippen LogP contribution in [0.1, 0.15) is 194 Å². The normalized spacial score (nSPS) is 15.7. The van der Waals surface area contributed by atoms with E-state index in [0.717, 1.165) is 32.5 Å². The maximum absolute atomic E-state index is 12.2. The van der Waals surface area contributed by atoms with Crippen molar-refractivity contribution in [3.05, 3.63) is 24.3 Å². The van der Waals surface area contributed by atoms with Crippen molar-refractivity contribution >= 4 is 5.97 Å². The highest BCUT2D eigenvalue weighted by Gasteiger charge is 2.21. The van der Waals surface area contributed by atoms with E-state index in [1.54, 1.807) is 0 Å². The highest BCUT2D eigenvalue weighted by atomic mass is 16.5. The van der Waals surface area contributed by atoms with Crippen molar-refractivity contribution in [3.8, 4) is 0 Å². The molecule has 258 valence electrons. The van der Waals surface area contributed by atoms with Crippen LogP contribution in [-0.4, -0.2) is 43.3 Å². The maximum atomic E-state index is 12.2. The zero-order chi connectivity index (χ0) is 31.6. The van der Waals surface area contributed by atoms with E-state index in [1.165, 1.54) is 161 Å². The Labute approximate surface area is 275 Å². The fraction of sp³-hybridized carbons (Fsp3) is 0.875. The molecule has 4 heteroatoms. The molecule has 1 atom stereocenters. The summed E-state index contributed by atoms with van der Waals surface area (Å²) in [5, 5.41) is 3.57. The molecule has 0 amide bonds. The second kappa shape index (κ2) is 33.2. The molecular formula is C40H76N2O2. The predicted octanol–water partition coefficient (Wildman–Crippen LogP) is 11.8. The summed E-state index contributed by atoms with van der Waals surface area (Å²) < 4.78 is 5.56. The van der Waals surface area contributed by atoms with Crippen LogP contribution in [0.25, 0.3) is 0 Å². The number of nitrogens with one attached hydrogen (secondary N) is 1. The van der Waals surface area contributed by atoms with Gasteiger partial charge in [0, 0.05) is 26.1 Å². The van der Waals surface area contributed by atoms with E-state index in [1.807, 2.05) is 0 Å². The summed E-state index contributed by atoms with van der Waals surface area (Å²) in [7, 11) is 0. The van der Waals surface area contributed by atoms with Gasteiger partial charge in [0.25, 0.3) is 0 Å². The molecule has 0 radical (unpaired) electrons. The third kappa shape index (κ3) is 27.2. The number of nitrogens with zero attached hydrogens (tertiary/aromatic N) is 1. The number of esters is 1. The number of ether oxygens (including phenoxy) is 1. The van der Waals surface area contributed by atoms with Crippen LogP contribution in [0.2, 0.25) is 0 Å². The lowest BCUT2D eigenvalue weighted by molar-refractivity contribution is -0.144. The van der Waals surface area contributed by atoms with Gasteiger partial charge in [0.1, 0.15) is 6.61 Å². The summed E-state index contributed by atoms with van der Waals surface area (Å²) in [5.74, 6) is -0.0238. The van der Waals surface area contributed by atoms with Gasteiger partial charge < -0.3 is 4.74 Å². The Hall–Kier alpha value is -1.13. The Morgan fingerprint density at radius 1 is 0.614 bits per heavy atom. The van der Waals surface area contributed by atoms with Crippen molar-refractivity contribution in [2.24, 2.45) is 0 Å². The van der Waals surface area contributed by atoms with Crippen molar-refractivity contribution < 1.29 is 9.53 Å². The first-order chi connectivity index (χ1) is 21.8. The van der Waals surface area contributed by atoms with E-state index < -0.39 is 0 Å². The molecule has 1 unspecified atom stereocenters. The first-order valence-corrected chi connectivity index (χ1v) is 19.7. The van der Waals surface area contributed by atoms with E-state index in [9.17, 15) is 4.79 Å². The third-order valence-electron chi connectivity index (χ3n) is 9.22. The molecule has 0 aromatic heterocycles. The molecule has 0 aliphatic carbocycles. The Balaban J connectivity index is 1.89. The van der Waals surface area contributed by atoms with Gasteiger partial charge in [0.05, 0.1) is 6.17 Å². The molecule has 0 saturated carbocycles. The van der Waals surface area contributed by atoms with Crippen LogP contribution >= 0.6 is 0 Å². The Morgan fingerprint density at radius 2 is 1.05 bits per heavy atom. The SMILES string of the molecule is CCCCCCCC/C=C\CCCCCCCC(=O)OCCN1CCNC1/C=C/CCCCCCCCCCCCCCC. The van der Waals surface area contributed by atoms with Gasteiger partial charge >= 0.3 is 5.97 Å². The fourth-order valence-electron chi connectivity index (χ4n) is 6.26. The van der Waals surface area contributed by atoms with Gasteiger partial charge in [0.2, 0.25) is 0 Å². The third-order valence-corrected chi connectivity index (χ3v) is 9.22. The van der Waals surface area contributed by atoms with Crippen LogP contribution in [-0.2, 0) is 9.53 Å². The van der Waals surface area contributed by atoms with Gasteiger partial charge in [-0.25, -0.2) is 0 Å².